The fourth-order valence-corrected chi connectivity index (χ4v) is 2.02. The van der Waals surface area contributed by atoms with E-state index in [2.05, 4.69) is 11.2 Å². The smallest absolute Gasteiger partial charge is 0.0719 e. The van der Waals surface area contributed by atoms with Crippen LogP contribution in [0, 0.1) is 17.2 Å². The Morgan fingerprint density at radius 3 is 2.64 bits per heavy atom. The molecule has 4 nitrogen and oxygen atoms in total. The monoisotopic (exact) mass is 190 g/mol. The molecule has 1 fully saturated rings. The first-order valence-electron chi connectivity index (χ1n) is 4.99. The van der Waals surface area contributed by atoms with Crippen molar-refractivity contribution in [2.75, 3.05) is 5.73 Å². The molecule has 1 aliphatic carbocycles. The van der Waals surface area contributed by atoms with Gasteiger partial charge in [-0.15, -0.1) is 0 Å². The van der Waals surface area contributed by atoms with Crippen LogP contribution in [0.2, 0.25) is 0 Å². The van der Waals surface area contributed by atoms with Crippen molar-refractivity contribution in [1.82, 2.24) is 9.78 Å². The highest BCUT2D eigenvalue weighted by atomic mass is 15.3. The van der Waals surface area contributed by atoms with Crippen LogP contribution in [-0.4, -0.2) is 9.78 Å². The average Bonchev–Trinajstić information content (AvgIpc) is 2.65. The number of nitrogens with zero attached hydrogens (tertiary/aromatic N) is 3. The molecule has 1 saturated carbocycles. The van der Waals surface area contributed by atoms with Crippen molar-refractivity contribution in [3.63, 3.8) is 0 Å². The molecule has 74 valence electrons. The molecule has 0 unspecified atom stereocenters. The van der Waals surface area contributed by atoms with Crippen molar-refractivity contribution >= 4 is 5.69 Å². The molecule has 4 heteroatoms. The van der Waals surface area contributed by atoms with Gasteiger partial charge in [0.25, 0.3) is 0 Å². The Kier molecular flexibility index (Phi) is 2.40. The summed E-state index contributed by atoms with van der Waals surface area (Å²) in [6.45, 7) is 0. The Bertz CT molecular complexity index is 341. The lowest BCUT2D eigenvalue weighted by Gasteiger charge is -2.24. The molecule has 1 aromatic heterocycles. The van der Waals surface area contributed by atoms with E-state index in [0.717, 1.165) is 25.7 Å². The maximum absolute atomic E-state index is 8.76. The summed E-state index contributed by atoms with van der Waals surface area (Å²) in [6, 6.07) is 2.77. The molecular weight excluding hydrogens is 176 g/mol. The third kappa shape index (κ3) is 1.72. The van der Waals surface area contributed by atoms with Gasteiger partial charge in [-0.2, -0.15) is 10.4 Å². The van der Waals surface area contributed by atoms with Crippen molar-refractivity contribution in [3.05, 3.63) is 12.4 Å². The predicted octanol–water partition coefficient (Wildman–Crippen LogP) is 1.72. The molecule has 0 aliphatic heterocycles. The van der Waals surface area contributed by atoms with Gasteiger partial charge in [-0.3, -0.25) is 4.68 Å². The first-order valence-corrected chi connectivity index (χ1v) is 4.99. The molecule has 0 atom stereocenters. The molecule has 0 amide bonds. The topological polar surface area (TPSA) is 67.6 Å². The number of aromatic nitrogens is 2. The maximum atomic E-state index is 8.76. The van der Waals surface area contributed by atoms with Gasteiger partial charge in [0.1, 0.15) is 0 Å². The summed E-state index contributed by atoms with van der Waals surface area (Å²) in [4.78, 5) is 0. The normalized spacial score (nSPS) is 27.1. The molecule has 14 heavy (non-hydrogen) atoms. The molecule has 1 aliphatic rings. The van der Waals surface area contributed by atoms with Gasteiger partial charge in [-0.1, -0.05) is 0 Å². The van der Waals surface area contributed by atoms with Crippen LogP contribution in [0.1, 0.15) is 31.7 Å². The molecular formula is C10H14N4. The highest BCUT2D eigenvalue weighted by Gasteiger charge is 2.22. The second-order valence-corrected chi connectivity index (χ2v) is 3.89. The van der Waals surface area contributed by atoms with Gasteiger partial charge < -0.3 is 5.73 Å². The largest absolute Gasteiger partial charge is 0.396 e. The van der Waals surface area contributed by atoms with E-state index in [9.17, 15) is 0 Å². The van der Waals surface area contributed by atoms with Gasteiger partial charge in [-0.05, 0) is 25.7 Å². The maximum Gasteiger partial charge on any atom is 0.0719 e. The van der Waals surface area contributed by atoms with Crippen LogP contribution < -0.4 is 5.73 Å². The van der Waals surface area contributed by atoms with E-state index < -0.39 is 0 Å². The van der Waals surface area contributed by atoms with Crippen molar-refractivity contribution in [3.8, 4) is 6.07 Å². The van der Waals surface area contributed by atoms with E-state index in [1.807, 2.05) is 10.9 Å². The minimum absolute atomic E-state index is 0.249. The van der Waals surface area contributed by atoms with E-state index in [0.29, 0.717) is 11.7 Å². The molecule has 0 bridgehead atoms. The number of rotatable bonds is 1. The number of hydrogen-bond donors (Lipinski definition) is 1. The van der Waals surface area contributed by atoms with Crippen molar-refractivity contribution in [2.24, 2.45) is 5.92 Å². The summed E-state index contributed by atoms with van der Waals surface area (Å²) in [5, 5.41) is 13.0. The Morgan fingerprint density at radius 1 is 1.43 bits per heavy atom. The zero-order valence-corrected chi connectivity index (χ0v) is 8.06. The third-order valence-corrected chi connectivity index (χ3v) is 2.87. The van der Waals surface area contributed by atoms with Crippen molar-refractivity contribution < 1.29 is 0 Å². The fraction of sp³-hybridized carbons (Fsp3) is 0.600. The summed E-state index contributed by atoms with van der Waals surface area (Å²) in [7, 11) is 0. The highest BCUT2D eigenvalue weighted by molar-refractivity contribution is 5.30. The predicted molar refractivity (Wildman–Crippen MR) is 53.2 cm³/mol. The fourth-order valence-electron chi connectivity index (χ4n) is 2.02. The number of nitrogen functional groups attached to an aromatic ring is 1. The second-order valence-electron chi connectivity index (χ2n) is 3.89. The minimum Gasteiger partial charge on any atom is -0.396 e. The highest BCUT2D eigenvalue weighted by Crippen LogP contribution is 2.31. The molecule has 2 rings (SSSR count). The zero-order chi connectivity index (χ0) is 9.97. The van der Waals surface area contributed by atoms with E-state index in [-0.39, 0.29) is 5.92 Å². The SMILES string of the molecule is N#CC1CCC(n2cc(N)cn2)CC1. The lowest BCUT2D eigenvalue weighted by atomic mass is 9.87. The van der Waals surface area contributed by atoms with Gasteiger partial charge in [0, 0.05) is 12.1 Å². The number of nitriles is 1. The second kappa shape index (κ2) is 3.70. The van der Waals surface area contributed by atoms with Gasteiger partial charge in [0.2, 0.25) is 0 Å². The van der Waals surface area contributed by atoms with Crippen LogP contribution in [0.25, 0.3) is 0 Å². The first kappa shape index (κ1) is 9.07. The third-order valence-electron chi connectivity index (χ3n) is 2.87. The Morgan fingerprint density at radius 2 is 2.14 bits per heavy atom. The Labute approximate surface area is 83.3 Å². The van der Waals surface area contributed by atoms with Crippen LogP contribution in [0.15, 0.2) is 12.4 Å². The zero-order valence-electron chi connectivity index (χ0n) is 8.06. The van der Waals surface area contributed by atoms with E-state index in [1.54, 1.807) is 6.20 Å². The van der Waals surface area contributed by atoms with E-state index >= 15 is 0 Å². The van der Waals surface area contributed by atoms with Crippen LogP contribution in [0.4, 0.5) is 5.69 Å². The van der Waals surface area contributed by atoms with Crippen molar-refractivity contribution in [2.45, 2.75) is 31.7 Å². The molecule has 0 spiro atoms. The van der Waals surface area contributed by atoms with Gasteiger partial charge >= 0.3 is 0 Å². The number of nitrogens with two attached hydrogens (primary N) is 1. The van der Waals surface area contributed by atoms with E-state index in [1.165, 1.54) is 0 Å². The van der Waals surface area contributed by atoms with Crippen LogP contribution >= 0.6 is 0 Å². The summed E-state index contributed by atoms with van der Waals surface area (Å²) in [5.74, 6) is 0.249. The lowest BCUT2D eigenvalue weighted by molar-refractivity contribution is 0.294. The molecule has 0 radical (unpaired) electrons. The molecule has 0 aromatic carbocycles. The minimum atomic E-state index is 0.249. The van der Waals surface area contributed by atoms with Gasteiger partial charge in [-0.25, -0.2) is 0 Å². The van der Waals surface area contributed by atoms with Crippen molar-refractivity contribution in [1.29, 1.82) is 5.26 Å². The summed E-state index contributed by atoms with van der Waals surface area (Å²) in [6.07, 6.45) is 7.61. The Hall–Kier alpha value is -1.50. The molecule has 1 aromatic rings. The molecule has 2 N–H and O–H groups in total. The summed E-state index contributed by atoms with van der Waals surface area (Å²) in [5.41, 5.74) is 6.32. The first-order chi connectivity index (χ1) is 6.79. The molecule has 1 heterocycles. The molecule has 0 saturated heterocycles. The van der Waals surface area contributed by atoms with E-state index in [4.69, 9.17) is 11.0 Å². The average molecular weight is 190 g/mol. The lowest BCUT2D eigenvalue weighted by Crippen LogP contribution is -2.17. The van der Waals surface area contributed by atoms with Gasteiger partial charge in [0.05, 0.1) is 24.0 Å². The Balaban J connectivity index is 1.99. The summed E-state index contributed by atoms with van der Waals surface area (Å²) >= 11 is 0. The standard InChI is InChI=1S/C10H14N4/c11-5-8-1-3-10(4-2-8)14-7-9(12)6-13-14/h6-8,10H,1-4,12H2. The number of anilines is 1. The van der Waals surface area contributed by atoms with Crippen LogP contribution in [0.3, 0.4) is 0 Å². The quantitative estimate of drug-likeness (QED) is 0.733. The van der Waals surface area contributed by atoms with Crippen LogP contribution in [-0.2, 0) is 0 Å². The van der Waals surface area contributed by atoms with Crippen LogP contribution in [0.5, 0.6) is 0 Å². The summed E-state index contributed by atoms with van der Waals surface area (Å²) < 4.78 is 1.93. The van der Waals surface area contributed by atoms with Gasteiger partial charge in [0.15, 0.2) is 0 Å². The number of hydrogen-bond acceptors (Lipinski definition) is 3.